The van der Waals surface area contributed by atoms with Crippen molar-refractivity contribution in [3.63, 3.8) is 0 Å². The van der Waals surface area contributed by atoms with Crippen LogP contribution in [0.4, 0.5) is 5.69 Å². The van der Waals surface area contributed by atoms with E-state index in [2.05, 4.69) is 46.4 Å². The van der Waals surface area contributed by atoms with Crippen molar-refractivity contribution < 1.29 is 4.74 Å². The number of aryl methyl sites for hydroxylation is 1. The van der Waals surface area contributed by atoms with Crippen LogP contribution < -0.4 is 5.32 Å². The molecule has 1 unspecified atom stereocenters. The molecule has 2 nitrogen and oxygen atoms in total. The van der Waals surface area contributed by atoms with E-state index in [0.717, 1.165) is 17.6 Å². The highest BCUT2D eigenvalue weighted by Crippen LogP contribution is 2.23. The summed E-state index contributed by atoms with van der Waals surface area (Å²) in [6, 6.07) is 6.38. The Morgan fingerprint density at radius 2 is 2.35 bits per heavy atom. The second-order valence-electron chi connectivity index (χ2n) is 4.69. The van der Waals surface area contributed by atoms with E-state index in [1.54, 1.807) is 0 Å². The van der Waals surface area contributed by atoms with E-state index in [1.165, 1.54) is 36.9 Å². The quantitative estimate of drug-likeness (QED) is 0.825. The zero-order valence-corrected chi connectivity index (χ0v) is 11.9. The molecule has 1 aromatic carbocycles. The smallest absolute Gasteiger partial charge is 0.0576 e. The van der Waals surface area contributed by atoms with Gasteiger partial charge >= 0.3 is 0 Å². The highest BCUT2D eigenvalue weighted by Gasteiger charge is 2.14. The fourth-order valence-corrected chi connectivity index (χ4v) is 2.59. The van der Waals surface area contributed by atoms with E-state index in [4.69, 9.17) is 4.74 Å². The van der Waals surface area contributed by atoms with Crippen LogP contribution in [0.2, 0.25) is 0 Å². The Labute approximate surface area is 112 Å². The molecule has 3 heteroatoms. The van der Waals surface area contributed by atoms with E-state index in [9.17, 15) is 0 Å². The molecule has 1 fully saturated rings. The molecular weight excluding hydrogens is 278 g/mol. The number of benzene rings is 1. The molecule has 2 rings (SSSR count). The third-order valence-corrected chi connectivity index (χ3v) is 3.86. The van der Waals surface area contributed by atoms with Gasteiger partial charge < -0.3 is 10.1 Å². The lowest BCUT2D eigenvalue weighted by molar-refractivity contribution is 0.103. The highest BCUT2D eigenvalue weighted by molar-refractivity contribution is 9.10. The summed E-state index contributed by atoms with van der Waals surface area (Å²) >= 11 is 3.56. The molecule has 94 valence electrons. The van der Waals surface area contributed by atoms with Crippen LogP contribution >= 0.6 is 15.9 Å². The van der Waals surface area contributed by atoms with Crippen molar-refractivity contribution in [3.8, 4) is 0 Å². The van der Waals surface area contributed by atoms with Crippen LogP contribution in [0.15, 0.2) is 22.7 Å². The normalized spacial score (nSPS) is 19.5. The summed E-state index contributed by atoms with van der Waals surface area (Å²) in [5.74, 6) is 0. The third-order valence-electron chi connectivity index (χ3n) is 3.16. The van der Waals surface area contributed by atoms with Crippen LogP contribution in [0, 0.1) is 6.92 Å². The van der Waals surface area contributed by atoms with Crippen molar-refractivity contribution in [2.45, 2.75) is 38.7 Å². The number of hydrogen-bond donors (Lipinski definition) is 1. The van der Waals surface area contributed by atoms with Crippen molar-refractivity contribution >= 4 is 21.6 Å². The first-order valence-corrected chi connectivity index (χ1v) is 7.16. The van der Waals surface area contributed by atoms with Crippen LogP contribution in [-0.4, -0.2) is 19.3 Å². The van der Waals surface area contributed by atoms with Crippen molar-refractivity contribution in [2.75, 3.05) is 18.5 Å². The molecule has 0 aromatic heterocycles. The first kappa shape index (κ1) is 12.9. The number of hydrogen-bond acceptors (Lipinski definition) is 2. The van der Waals surface area contributed by atoms with Crippen LogP contribution in [0.3, 0.4) is 0 Å². The summed E-state index contributed by atoms with van der Waals surface area (Å²) in [6.45, 7) is 4.09. The van der Waals surface area contributed by atoms with Gasteiger partial charge in [-0.25, -0.2) is 0 Å². The van der Waals surface area contributed by atoms with Gasteiger partial charge in [-0.1, -0.05) is 6.07 Å². The first-order chi connectivity index (χ1) is 8.25. The van der Waals surface area contributed by atoms with Gasteiger partial charge in [-0.2, -0.15) is 0 Å². The minimum atomic E-state index is 0.512. The van der Waals surface area contributed by atoms with E-state index in [1.807, 2.05) is 0 Å². The van der Waals surface area contributed by atoms with Crippen LogP contribution in [-0.2, 0) is 4.74 Å². The molecule has 0 spiro atoms. The standard InChI is InChI=1S/C14H20BrNO/c1-11-6-7-13(15)14(10-11)16-8-2-4-12-5-3-9-17-12/h6-7,10,12,16H,2-5,8-9H2,1H3. The lowest BCUT2D eigenvalue weighted by atomic mass is 10.1. The molecule has 1 aliphatic rings. The Kier molecular flexibility index (Phi) is 4.86. The van der Waals surface area contributed by atoms with E-state index >= 15 is 0 Å². The van der Waals surface area contributed by atoms with Crippen molar-refractivity contribution in [2.24, 2.45) is 0 Å². The van der Waals surface area contributed by atoms with Crippen LogP contribution in [0.1, 0.15) is 31.2 Å². The number of rotatable bonds is 5. The molecule has 1 N–H and O–H groups in total. The van der Waals surface area contributed by atoms with Crippen LogP contribution in [0.5, 0.6) is 0 Å². The second kappa shape index (κ2) is 6.41. The SMILES string of the molecule is Cc1ccc(Br)c(NCCCC2CCCO2)c1. The minimum absolute atomic E-state index is 0.512. The topological polar surface area (TPSA) is 21.3 Å². The number of anilines is 1. The molecule has 1 aromatic rings. The third kappa shape index (κ3) is 4.00. The molecule has 1 aliphatic heterocycles. The Hall–Kier alpha value is -0.540. The number of ether oxygens (including phenoxy) is 1. The van der Waals surface area contributed by atoms with Gasteiger partial charge in [0.25, 0.3) is 0 Å². The van der Waals surface area contributed by atoms with E-state index in [0.29, 0.717) is 6.10 Å². The van der Waals surface area contributed by atoms with Gasteiger partial charge in [-0.3, -0.25) is 0 Å². The van der Waals surface area contributed by atoms with Gasteiger partial charge in [-0.05, 0) is 66.2 Å². The predicted molar refractivity (Wildman–Crippen MR) is 75.6 cm³/mol. The molecular formula is C14H20BrNO. The minimum Gasteiger partial charge on any atom is -0.384 e. The highest BCUT2D eigenvalue weighted by atomic mass is 79.9. The van der Waals surface area contributed by atoms with E-state index < -0.39 is 0 Å². The summed E-state index contributed by atoms with van der Waals surface area (Å²) in [6.07, 6.45) is 5.34. The molecule has 0 saturated carbocycles. The molecule has 1 atom stereocenters. The lowest BCUT2D eigenvalue weighted by Crippen LogP contribution is -2.09. The van der Waals surface area contributed by atoms with Gasteiger partial charge in [0, 0.05) is 23.3 Å². The van der Waals surface area contributed by atoms with Gasteiger partial charge in [0.05, 0.1) is 6.10 Å². The van der Waals surface area contributed by atoms with Gasteiger partial charge in [-0.15, -0.1) is 0 Å². The zero-order valence-electron chi connectivity index (χ0n) is 10.3. The van der Waals surface area contributed by atoms with Crippen molar-refractivity contribution in [1.29, 1.82) is 0 Å². The maximum atomic E-state index is 5.61. The maximum absolute atomic E-state index is 5.61. The first-order valence-electron chi connectivity index (χ1n) is 6.37. The summed E-state index contributed by atoms with van der Waals surface area (Å²) in [7, 11) is 0. The van der Waals surface area contributed by atoms with Gasteiger partial charge in [0.15, 0.2) is 0 Å². The Balaban J connectivity index is 1.72. The molecule has 0 bridgehead atoms. The average Bonchev–Trinajstić information content (AvgIpc) is 2.82. The second-order valence-corrected chi connectivity index (χ2v) is 5.54. The average molecular weight is 298 g/mol. The zero-order chi connectivity index (χ0) is 12.1. The Morgan fingerprint density at radius 1 is 1.47 bits per heavy atom. The summed E-state index contributed by atoms with van der Waals surface area (Å²) in [4.78, 5) is 0. The summed E-state index contributed by atoms with van der Waals surface area (Å²) < 4.78 is 6.75. The molecule has 0 aliphatic carbocycles. The lowest BCUT2D eigenvalue weighted by Gasteiger charge is -2.11. The fraction of sp³-hybridized carbons (Fsp3) is 0.571. The predicted octanol–water partition coefficient (Wildman–Crippen LogP) is 4.13. The van der Waals surface area contributed by atoms with Gasteiger partial charge in [0.2, 0.25) is 0 Å². The summed E-state index contributed by atoms with van der Waals surface area (Å²) in [5.41, 5.74) is 2.48. The number of halogens is 1. The van der Waals surface area contributed by atoms with Gasteiger partial charge in [0.1, 0.15) is 0 Å². The maximum Gasteiger partial charge on any atom is 0.0576 e. The molecule has 0 amide bonds. The monoisotopic (exact) mass is 297 g/mol. The number of nitrogens with one attached hydrogen (secondary N) is 1. The Morgan fingerprint density at radius 3 is 3.12 bits per heavy atom. The van der Waals surface area contributed by atoms with Crippen LogP contribution in [0.25, 0.3) is 0 Å². The largest absolute Gasteiger partial charge is 0.384 e. The molecule has 1 saturated heterocycles. The molecule has 17 heavy (non-hydrogen) atoms. The Bertz CT molecular complexity index is 361. The van der Waals surface area contributed by atoms with Crippen molar-refractivity contribution in [1.82, 2.24) is 0 Å². The molecule has 0 radical (unpaired) electrons. The van der Waals surface area contributed by atoms with Crippen molar-refractivity contribution in [3.05, 3.63) is 28.2 Å². The fourth-order valence-electron chi connectivity index (χ4n) is 2.20. The molecule has 1 heterocycles. The summed E-state index contributed by atoms with van der Waals surface area (Å²) in [5, 5.41) is 3.48. The van der Waals surface area contributed by atoms with E-state index in [-0.39, 0.29) is 0 Å².